The number of hydrogen-bond acceptors (Lipinski definition) is 5. The van der Waals surface area contributed by atoms with Crippen molar-refractivity contribution in [1.29, 1.82) is 0 Å². The average Bonchev–Trinajstić information content (AvgIpc) is 2.95. The SMILES string of the molecule is CN(C)c1cc(C[C@H]2CNCCN(C3CCCC3)C2)ncn1. The minimum atomic E-state index is 0.646. The number of rotatable bonds is 4. The fourth-order valence-corrected chi connectivity index (χ4v) is 3.79. The molecule has 2 fully saturated rings. The molecule has 5 nitrogen and oxygen atoms in total. The molecule has 1 N–H and O–H groups in total. The van der Waals surface area contributed by atoms with Gasteiger partial charge >= 0.3 is 0 Å². The highest BCUT2D eigenvalue weighted by atomic mass is 15.2. The molecule has 22 heavy (non-hydrogen) atoms. The van der Waals surface area contributed by atoms with E-state index in [-0.39, 0.29) is 0 Å². The van der Waals surface area contributed by atoms with E-state index in [1.807, 2.05) is 19.0 Å². The van der Waals surface area contributed by atoms with E-state index in [0.29, 0.717) is 5.92 Å². The second-order valence-corrected chi connectivity index (χ2v) is 6.97. The van der Waals surface area contributed by atoms with E-state index >= 15 is 0 Å². The first-order valence-electron chi connectivity index (χ1n) is 8.65. The zero-order valence-electron chi connectivity index (χ0n) is 14.0. The standard InChI is InChI=1S/C17H29N5/c1-21(2)17-10-15(19-13-20-17)9-14-11-18-7-8-22(12-14)16-5-3-4-6-16/h10,13-14,16,18H,3-9,11-12H2,1-2H3/t14-/m0/s1. The number of nitrogens with zero attached hydrogens (tertiary/aromatic N) is 4. The van der Waals surface area contributed by atoms with Gasteiger partial charge in [-0.1, -0.05) is 12.8 Å². The number of nitrogens with one attached hydrogen (secondary N) is 1. The Hall–Kier alpha value is -1.20. The molecule has 0 amide bonds. The molecule has 1 aromatic rings. The summed E-state index contributed by atoms with van der Waals surface area (Å²) in [5.41, 5.74) is 1.17. The van der Waals surface area contributed by atoms with Gasteiger partial charge in [0.15, 0.2) is 0 Å². The van der Waals surface area contributed by atoms with Crippen LogP contribution in [0.3, 0.4) is 0 Å². The lowest BCUT2D eigenvalue weighted by Gasteiger charge is -2.29. The molecule has 1 atom stereocenters. The zero-order chi connectivity index (χ0) is 15.4. The van der Waals surface area contributed by atoms with Gasteiger partial charge in [-0.25, -0.2) is 9.97 Å². The number of hydrogen-bond donors (Lipinski definition) is 1. The minimum Gasteiger partial charge on any atom is -0.363 e. The van der Waals surface area contributed by atoms with Crippen LogP contribution < -0.4 is 10.2 Å². The van der Waals surface area contributed by atoms with Gasteiger partial charge in [0, 0.05) is 51.5 Å². The molecule has 2 aliphatic rings. The van der Waals surface area contributed by atoms with Crippen LogP contribution in [0, 0.1) is 5.92 Å². The van der Waals surface area contributed by atoms with E-state index in [2.05, 4.69) is 26.3 Å². The Morgan fingerprint density at radius 2 is 2.09 bits per heavy atom. The molecular formula is C17H29N5. The van der Waals surface area contributed by atoms with E-state index < -0.39 is 0 Å². The molecule has 0 spiro atoms. The van der Waals surface area contributed by atoms with Crippen molar-refractivity contribution in [1.82, 2.24) is 20.2 Å². The van der Waals surface area contributed by atoms with Gasteiger partial charge in [-0.05, 0) is 31.7 Å². The van der Waals surface area contributed by atoms with Gasteiger partial charge in [-0.2, -0.15) is 0 Å². The fraction of sp³-hybridized carbons (Fsp3) is 0.765. The molecule has 2 heterocycles. The molecule has 1 saturated heterocycles. The summed E-state index contributed by atoms with van der Waals surface area (Å²) < 4.78 is 0. The maximum absolute atomic E-state index is 4.48. The summed E-state index contributed by atoms with van der Waals surface area (Å²) in [7, 11) is 4.06. The van der Waals surface area contributed by atoms with Crippen molar-refractivity contribution in [3.05, 3.63) is 18.1 Å². The van der Waals surface area contributed by atoms with E-state index in [1.165, 1.54) is 44.5 Å². The number of anilines is 1. The quantitative estimate of drug-likeness (QED) is 0.914. The van der Waals surface area contributed by atoms with Crippen molar-refractivity contribution < 1.29 is 0 Å². The first-order chi connectivity index (χ1) is 10.7. The van der Waals surface area contributed by atoms with Crippen molar-refractivity contribution in [3.63, 3.8) is 0 Å². The normalized spacial score (nSPS) is 24.4. The van der Waals surface area contributed by atoms with E-state index in [1.54, 1.807) is 6.33 Å². The van der Waals surface area contributed by atoms with Crippen LogP contribution in [0.1, 0.15) is 31.4 Å². The summed E-state index contributed by atoms with van der Waals surface area (Å²) in [6.45, 7) is 4.64. The van der Waals surface area contributed by atoms with Gasteiger partial charge in [0.05, 0.1) is 0 Å². The summed E-state index contributed by atoms with van der Waals surface area (Å²) in [5, 5.41) is 3.61. The molecule has 0 aromatic carbocycles. The third kappa shape index (κ3) is 3.96. The Kier molecular flexibility index (Phi) is 5.26. The van der Waals surface area contributed by atoms with Crippen molar-refractivity contribution in [2.24, 2.45) is 5.92 Å². The lowest BCUT2D eigenvalue weighted by atomic mass is 10.0. The first-order valence-corrected chi connectivity index (χ1v) is 8.65. The summed E-state index contributed by atoms with van der Waals surface area (Å²) in [5.74, 6) is 1.65. The van der Waals surface area contributed by atoms with Crippen LogP contribution in [0.25, 0.3) is 0 Å². The van der Waals surface area contributed by atoms with Crippen LogP contribution in [0.5, 0.6) is 0 Å². The van der Waals surface area contributed by atoms with Gasteiger partial charge in [-0.3, -0.25) is 4.90 Å². The van der Waals surface area contributed by atoms with Crippen molar-refractivity contribution in [3.8, 4) is 0 Å². The molecule has 1 aromatic heterocycles. The van der Waals surface area contributed by atoms with Crippen LogP contribution in [0.2, 0.25) is 0 Å². The van der Waals surface area contributed by atoms with Crippen LogP contribution in [0.15, 0.2) is 12.4 Å². The highest BCUT2D eigenvalue weighted by Gasteiger charge is 2.26. The zero-order valence-corrected chi connectivity index (χ0v) is 14.0. The Bertz CT molecular complexity index is 470. The lowest BCUT2D eigenvalue weighted by Crippen LogP contribution is -2.38. The molecule has 1 aliphatic carbocycles. The Balaban J connectivity index is 1.64. The maximum atomic E-state index is 4.48. The summed E-state index contributed by atoms with van der Waals surface area (Å²) in [6.07, 6.45) is 8.36. The Morgan fingerprint density at radius 1 is 1.27 bits per heavy atom. The molecule has 122 valence electrons. The minimum absolute atomic E-state index is 0.646. The van der Waals surface area contributed by atoms with E-state index in [4.69, 9.17) is 0 Å². The first kappa shape index (κ1) is 15.7. The number of aromatic nitrogens is 2. The third-order valence-corrected chi connectivity index (χ3v) is 5.01. The summed E-state index contributed by atoms with van der Waals surface area (Å²) in [4.78, 5) is 13.6. The van der Waals surface area contributed by atoms with Crippen LogP contribution in [-0.4, -0.2) is 61.2 Å². The summed E-state index contributed by atoms with van der Waals surface area (Å²) >= 11 is 0. The second-order valence-electron chi connectivity index (χ2n) is 6.97. The maximum Gasteiger partial charge on any atom is 0.131 e. The molecule has 3 rings (SSSR count). The van der Waals surface area contributed by atoms with Crippen LogP contribution >= 0.6 is 0 Å². The van der Waals surface area contributed by atoms with Gasteiger partial charge in [0.1, 0.15) is 12.1 Å². The van der Waals surface area contributed by atoms with Crippen molar-refractivity contribution in [2.45, 2.75) is 38.1 Å². The van der Waals surface area contributed by atoms with Crippen LogP contribution in [-0.2, 0) is 6.42 Å². The lowest BCUT2D eigenvalue weighted by molar-refractivity contribution is 0.187. The molecule has 1 saturated carbocycles. The second kappa shape index (κ2) is 7.38. The Labute approximate surface area is 134 Å². The highest BCUT2D eigenvalue weighted by Crippen LogP contribution is 2.25. The van der Waals surface area contributed by atoms with Gasteiger partial charge in [0.2, 0.25) is 0 Å². The fourth-order valence-electron chi connectivity index (χ4n) is 3.79. The van der Waals surface area contributed by atoms with Gasteiger partial charge in [0.25, 0.3) is 0 Å². The van der Waals surface area contributed by atoms with Gasteiger partial charge in [-0.15, -0.1) is 0 Å². The molecule has 5 heteroatoms. The largest absolute Gasteiger partial charge is 0.363 e. The topological polar surface area (TPSA) is 44.3 Å². The molecule has 0 unspecified atom stereocenters. The van der Waals surface area contributed by atoms with Crippen LogP contribution in [0.4, 0.5) is 5.82 Å². The van der Waals surface area contributed by atoms with Crippen molar-refractivity contribution in [2.75, 3.05) is 45.2 Å². The molecular weight excluding hydrogens is 274 g/mol. The third-order valence-electron chi connectivity index (χ3n) is 5.01. The summed E-state index contributed by atoms with van der Waals surface area (Å²) in [6, 6.07) is 2.95. The predicted molar refractivity (Wildman–Crippen MR) is 90.3 cm³/mol. The molecule has 1 aliphatic heterocycles. The average molecular weight is 303 g/mol. The monoisotopic (exact) mass is 303 g/mol. The Morgan fingerprint density at radius 3 is 2.86 bits per heavy atom. The van der Waals surface area contributed by atoms with E-state index in [9.17, 15) is 0 Å². The van der Waals surface area contributed by atoms with Gasteiger partial charge < -0.3 is 10.2 Å². The van der Waals surface area contributed by atoms with Crippen molar-refractivity contribution >= 4 is 5.82 Å². The predicted octanol–water partition coefficient (Wildman–Crippen LogP) is 1.55. The highest BCUT2D eigenvalue weighted by molar-refractivity contribution is 5.36. The molecule has 0 radical (unpaired) electrons. The smallest absolute Gasteiger partial charge is 0.131 e. The van der Waals surface area contributed by atoms with E-state index in [0.717, 1.165) is 31.4 Å². The molecule has 0 bridgehead atoms.